The van der Waals surface area contributed by atoms with Crippen LogP contribution in [-0.2, 0) is 37.2 Å². The molecule has 0 atom stereocenters. The van der Waals surface area contributed by atoms with Gasteiger partial charge in [-0.25, -0.2) is 0 Å². The third-order valence-electron chi connectivity index (χ3n) is 27.5. The molecule has 20 rings (SSSR count). The van der Waals surface area contributed by atoms with Gasteiger partial charge in [0.05, 0.1) is 65.9 Å². The first-order valence-corrected chi connectivity index (χ1v) is 46.5. The topological polar surface area (TPSA) is 105 Å². The second-order valence-corrected chi connectivity index (χ2v) is 38.7. The lowest BCUT2D eigenvalue weighted by atomic mass is 9.79. The van der Waals surface area contributed by atoms with E-state index in [0.717, 1.165) is 84.5 Å². The van der Waals surface area contributed by atoms with E-state index in [1.165, 1.54) is 43.8 Å². The Labute approximate surface area is 812 Å². The molecule has 0 aliphatic carbocycles. The lowest BCUT2D eigenvalue weighted by Crippen LogP contribution is -2.41. The summed E-state index contributed by atoms with van der Waals surface area (Å²) in [5.74, 6) is 1.64. The Bertz CT molecular complexity index is 6740. The summed E-state index contributed by atoms with van der Waals surface area (Å²) < 4.78 is 102. The lowest BCUT2D eigenvalue weighted by molar-refractivity contribution is 0.00578. The van der Waals surface area contributed by atoms with Crippen molar-refractivity contribution in [1.29, 1.82) is 0 Å². The molecule has 4 aliphatic rings. The third-order valence-corrected chi connectivity index (χ3v) is 27.5. The summed E-state index contributed by atoms with van der Waals surface area (Å²) in [7, 11) is 1.68. The minimum Gasteiger partial charge on any atom is -0.497 e. The molecule has 14 nitrogen and oxygen atoms in total. The van der Waals surface area contributed by atoms with Crippen molar-refractivity contribution in [2.45, 2.75) is 156 Å². The van der Waals surface area contributed by atoms with Crippen molar-refractivity contribution in [3.63, 3.8) is 0 Å². The minimum atomic E-state index is -0.519. The van der Waals surface area contributed by atoms with Crippen LogP contribution in [-0.4, -0.2) is 87.5 Å². The molecule has 0 amide bonds. The van der Waals surface area contributed by atoms with Crippen molar-refractivity contribution in [3.8, 4) is 33.8 Å². The molecule has 0 saturated carbocycles. The van der Waals surface area contributed by atoms with E-state index in [4.69, 9.17) is 53.6 Å². The Morgan fingerprint density at radius 2 is 0.397 bits per heavy atom. The maximum Gasteiger partial charge on any atom is 0.494 e. The second kappa shape index (κ2) is 39.2. The number of methoxy groups -OCH3 is 2. The van der Waals surface area contributed by atoms with E-state index in [0.29, 0.717) is 11.4 Å². The average molecular weight is 1800 g/mol. The molecule has 0 spiro atoms. The molecule has 136 heavy (non-hydrogen) atoms. The van der Waals surface area contributed by atoms with Gasteiger partial charge in [0.15, 0.2) is 0 Å². The maximum absolute atomic E-state index is 8.48. The second-order valence-electron chi connectivity index (χ2n) is 38.7. The molecule has 684 valence electrons. The zero-order valence-corrected chi connectivity index (χ0v) is 80.9. The summed E-state index contributed by atoms with van der Waals surface area (Å²) in [5.41, 5.74) is 16.6. The van der Waals surface area contributed by atoms with Gasteiger partial charge in [0.2, 0.25) is 0 Å². The Morgan fingerprint density at radius 1 is 0.199 bits per heavy atom. The molecular weight excluding hydrogens is 1680 g/mol. The first kappa shape index (κ1) is 88.1. The number of benzene rings is 16. The molecule has 0 N–H and O–H groups in total. The molecule has 4 fully saturated rings. The van der Waals surface area contributed by atoms with Gasteiger partial charge < -0.3 is 66.3 Å². The van der Waals surface area contributed by atoms with Crippen LogP contribution in [0.5, 0.6) is 11.5 Å². The van der Waals surface area contributed by atoms with Crippen LogP contribution in [0.15, 0.2) is 400 Å². The maximum atomic E-state index is 8.48. The van der Waals surface area contributed by atoms with Gasteiger partial charge >= 0.3 is 28.5 Å². The Kier molecular flexibility index (Phi) is 25.4. The fraction of sp³-hybridized carbons (Fsp3) is 0.220. The first-order chi connectivity index (χ1) is 67.3. The number of nitrogens with zero attached hydrogens (tertiary/aromatic N) is 4. The lowest BCUT2D eigenvalue weighted by Gasteiger charge is -2.32. The highest BCUT2D eigenvalue weighted by Crippen LogP contribution is 2.46. The third kappa shape index (κ3) is 20.5. The van der Waals surface area contributed by atoms with Crippen molar-refractivity contribution in [2.75, 3.05) is 33.8 Å². The predicted octanol–water partition coefficient (Wildman–Crippen LogP) is 27.5. The quantitative estimate of drug-likeness (QED) is 0.0676. The van der Waals surface area contributed by atoms with Crippen LogP contribution in [0.3, 0.4) is 0 Å². The van der Waals surface area contributed by atoms with Crippen molar-refractivity contribution >= 4 is 140 Å². The number of rotatable bonds is 20. The Balaban J connectivity index is 0.000000130. The normalized spacial score (nSPS) is 17.0. The summed E-state index contributed by atoms with van der Waals surface area (Å²) >= 11 is 0. The van der Waals surface area contributed by atoms with Crippen LogP contribution in [0.25, 0.3) is 43.8 Å². The van der Waals surface area contributed by atoms with Gasteiger partial charge in [-0.3, -0.25) is 0 Å². The van der Waals surface area contributed by atoms with E-state index in [1.54, 1.807) is 19.1 Å². The summed E-state index contributed by atoms with van der Waals surface area (Å²) in [6.07, 6.45) is 0. The average Bonchev–Trinajstić information content (AvgIpc) is 1.72. The Morgan fingerprint density at radius 3 is 0.662 bits per heavy atom. The summed E-state index contributed by atoms with van der Waals surface area (Å²) in [5, 5.41) is 4.90. The monoisotopic (exact) mass is 1800 g/mol. The number of para-hydroxylation sites is 2. The highest BCUT2D eigenvalue weighted by atomic mass is 16.7. The van der Waals surface area contributed by atoms with Crippen molar-refractivity contribution in [3.05, 3.63) is 400 Å². The van der Waals surface area contributed by atoms with E-state index in [1.807, 2.05) is 143 Å². The van der Waals surface area contributed by atoms with E-state index >= 15 is 0 Å². The predicted molar refractivity (Wildman–Crippen MR) is 566 cm³/mol. The van der Waals surface area contributed by atoms with Crippen LogP contribution in [0.4, 0.5) is 68.2 Å². The van der Waals surface area contributed by atoms with Gasteiger partial charge in [-0.05, 0) is 346 Å². The fourth-order valence-electron chi connectivity index (χ4n) is 16.7. The van der Waals surface area contributed by atoms with E-state index in [-0.39, 0.29) is 84.8 Å². The molecule has 16 aromatic rings. The van der Waals surface area contributed by atoms with Gasteiger partial charge in [-0.15, -0.1) is 0 Å². The first-order valence-electron chi connectivity index (χ1n) is 49.0. The summed E-state index contributed by atoms with van der Waals surface area (Å²) in [6, 6.07) is 125. The van der Waals surface area contributed by atoms with Crippen molar-refractivity contribution in [2.24, 2.45) is 0 Å². The molecule has 16 aromatic carbocycles. The summed E-state index contributed by atoms with van der Waals surface area (Å²) in [4.78, 5) is 8.46. The van der Waals surface area contributed by atoms with Crippen LogP contribution < -0.4 is 50.9 Å². The van der Waals surface area contributed by atoms with Gasteiger partial charge in [0.25, 0.3) is 0 Å². The van der Waals surface area contributed by atoms with Gasteiger partial charge in [-0.2, -0.15) is 0 Å². The molecule has 4 saturated heterocycles. The van der Waals surface area contributed by atoms with Crippen LogP contribution in [0.2, 0.25) is 0 Å². The molecule has 0 bridgehead atoms. The molecule has 18 heteroatoms. The molecule has 0 radical (unpaired) electrons. The Hall–Kier alpha value is -13.2. The molecule has 4 heterocycles. The molecule has 0 aromatic heterocycles. The number of anilines is 12. The highest BCUT2D eigenvalue weighted by Gasteiger charge is 2.55. The zero-order valence-electron chi connectivity index (χ0n) is 85.9. The van der Waals surface area contributed by atoms with E-state index < -0.39 is 24.4 Å². The van der Waals surface area contributed by atoms with E-state index in [2.05, 4.69) is 353 Å². The largest absolute Gasteiger partial charge is 0.497 e. The number of ether oxygens (including phenoxy) is 2. The number of fused-ring (bicyclic) bond motifs is 2. The molecule has 4 aliphatic heterocycles. The standard InChI is InChI=1S/C36H34BNO2.C32H30BNO2.C26H30BNO4.C24H26BNO2/c1-35(2)36(3,4)40-37(39-35)31-19-25-34(26-20-31)38(32-21-15-29(16-22-32)27-11-7-5-8-12-27)33-23-17-30(18-24-33)28-13-9-6-10-14-28;1-31(2)32(3,4)36-33(35-31)27-15-19-28(20-16-27)34(29-17-13-23-9-5-7-11-25(23)21-29)30-18-14-24-10-6-8-12-26(24)22-30;1-25(2)26(3,4)32-27(31-25)19-7-9-20(10-8-19)28(21-11-15-23(29-5)16-12-21)22-13-17-24(30-6)18-14-22;1-23(2)24(3,4)28-25(27-23)19-15-17-22(18-16-19)26(20-11-7-5-8-12-20)21-13-9-6-10-14-21/h5-26H,1-4H3;5-22H,1-4H3;7-18H,1-6H3;5-18H,1-4H3/i;;;5D,7D,8D,11D,12D. The number of hydrogen-bond acceptors (Lipinski definition) is 14. The smallest absolute Gasteiger partial charge is 0.494 e. The highest BCUT2D eigenvalue weighted by molar-refractivity contribution is 6.63. The molecular formula is C118H120B4N4O10. The van der Waals surface area contributed by atoms with E-state index in [9.17, 15) is 0 Å². The van der Waals surface area contributed by atoms with Gasteiger partial charge in [-0.1, -0.05) is 230 Å². The molecule has 0 unspecified atom stereocenters. The fourth-order valence-corrected chi connectivity index (χ4v) is 16.7. The zero-order chi connectivity index (χ0) is 99.7. The minimum absolute atomic E-state index is 0.0931. The SMILES string of the molecule is CC1(C)OB(c2ccc(N(c3ccc(-c4ccccc4)cc3)c3ccc(-c4ccccc4)cc3)cc2)OC1(C)C.CC1(C)OB(c2ccc(N(c3ccc4ccccc4c3)c3ccc4ccccc4c3)cc2)OC1(C)C.COc1ccc(N(c2ccc(OC)cc2)c2ccc(B3OC(C)(C)C(C)(C)O3)cc2)cc1.[2H]c1c([2H])c([2H])c(N(c2ccccc2)c2ccc(B3OC(C)(C)C(C)(C)O3)cc2)c([2H])c1[2H]. The van der Waals surface area contributed by atoms with Gasteiger partial charge in [0.1, 0.15) is 11.5 Å². The van der Waals surface area contributed by atoms with Crippen LogP contribution in [0, 0.1) is 0 Å². The number of hydrogen-bond donors (Lipinski definition) is 0. The van der Waals surface area contributed by atoms with Crippen molar-refractivity contribution < 1.29 is 53.6 Å². The van der Waals surface area contributed by atoms with Crippen LogP contribution >= 0.6 is 0 Å². The summed E-state index contributed by atoms with van der Waals surface area (Å²) in [6.45, 7) is 32.9. The van der Waals surface area contributed by atoms with Crippen LogP contribution in [0.1, 0.15) is 118 Å². The van der Waals surface area contributed by atoms with Crippen molar-refractivity contribution in [1.82, 2.24) is 0 Å². The van der Waals surface area contributed by atoms with Gasteiger partial charge in [0, 0.05) is 68.2 Å².